The number of aliphatic carboxylic acids is 1. The molecule has 1 aliphatic heterocycles. The summed E-state index contributed by atoms with van der Waals surface area (Å²) in [4.78, 5) is 22.3. The molecule has 0 unspecified atom stereocenters. The van der Waals surface area contributed by atoms with E-state index in [2.05, 4.69) is 15.0 Å². The van der Waals surface area contributed by atoms with E-state index in [-0.39, 0.29) is 5.15 Å². The predicted molar refractivity (Wildman–Crippen MR) is 73.6 cm³/mol. The molecule has 1 N–H and O–H groups in total. The van der Waals surface area contributed by atoms with Crippen molar-refractivity contribution in [2.75, 3.05) is 5.75 Å². The largest absolute Gasteiger partial charge is 0.478 e. The van der Waals surface area contributed by atoms with Crippen molar-refractivity contribution in [3.63, 3.8) is 0 Å². The van der Waals surface area contributed by atoms with Crippen molar-refractivity contribution in [3.8, 4) is 0 Å². The van der Waals surface area contributed by atoms with E-state index in [1.54, 1.807) is 17.8 Å². The monoisotopic (exact) mass is 314 g/mol. The first-order chi connectivity index (χ1) is 9.57. The molecule has 2 atom stereocenters. The lowest BCUT2D eigenvalue weighted by Gasteiger charge is -2.22. The van der Waals surface area contributed by atoms with Crippen molar-refractivity contribution >= 4 is 40.5 Å². The maximum absolute atomic E-state index is 11.4. The third kappa shape index (κ3) is 1.95. The van der Waals surface area contributed by atoms with Crippen LogP contribution >= 0.6 is 23.4 Å². The van der Waals surface area contributed by atoms with Crippen LogP contribution in [0.1, 0.15) is 19.6 Å². The first-order valence-corrected chi connectivity index (χ1v) is 7.32. The van der Waals surface area contributed by atoms with Gasteiger partial charge in [0.25, 0.3) is 0 Å². The topological polar surface area (TPSA) is 90.1 Å². The summed E-state index contributed by atoms with van der Waals surface area (Å²) in [5.41, 5.74) is 1.01. The van der Waals surface area contributed by atoms with Gasteiger partial charge in [0.1, 0.15) is 18.1 Å². The normalized spacial score (nSPS) is 26.2. The van der Waals surface area contributed by atoms with Gasteiger partial charge in [-0.25, -0.2) is 19.7 Å². The summed E-state index contributed by atoms with van der Waals surface area (Å²) in [6.45, 7) is 1.79. The Morgan fingerprint density at radius 2 is 2.45 bits per heavy atom. The second kappa shape index (κ2) is 4.87. The van der Waals surface area contributed by atoms with E-state index in [0.29, 0.717) is 23.3 Å². The summed E-state index contributed by atoms with van der Waals surface area (Å²) in [6.07, 6.45) is 2.83. The molecule has 2 aromatic rings. The molecule has 0 saturated carbocycles. The van der Waals surface area contributed by atoms with Gasteiger partial charge in [-0.1, -0.05) is 18.5 Å². The molecule has 7 nitrogen and oxygen atoms in total. The summed E-state index contributed by atoms with van der Waals surface area (Å²) in [5.74, 6) is -0.461. The number of nitrogens with zero attached hydrogens (tertiary/aromatic N) is 4. The highest BCUT2D eigenvalue weighted by molar-refractivity contribution is 8.01. The van der Waals surface area contributed by atoms with Crippen LogP contribution in [0.25, 0.3) is 11.2 Å². The average molecular weight is 315 g/mol. The SMILES string of the molecule is CC[C@]1(C(=O)O)O[C@H](n2cnc3c(Cl)ncnc32)CS1. The highest BCUT2D eigenvalue weighted by Gasteiger charge is 2.47. The van der Waals surface area contributed by atoms with Crippen molar-refractivity contribution in [1.29, 1.82) is 0 Å². The first-order valence-electron chi connectivity index (χ1n) is 5.95. The van der Waals surface area contributed by atoms with Crippen molar-refractivity contribution in [2.45, 2.75) is 24.5 Å². The lowest BCUT2D eigenvalue weighted by molar-refractivity contribution is -0.159. The number of hydrogen-bond acceptors (Lipinski definition) is 6. The third-order valence-corrected chi connectivity index (χ3v) is 4.96. The van der Waals surface area contributed by atoms with Crippen LogP contribution < -0.4 is 0 Å². The number of carboxylic acids is 1. The Labute approximate surface area is 123 Å². The summed E-state index contributed by atoms with van der Waals surface area (Å²) < 4.78 is 7.43. The van der Waals surface area contributed by atoms with Gasteiger partial charge >= 0.3 is 5.97 Å². The van der Waals surface area contributed by atoms with Gasteiger partial charge in [-0.05, 0) is 6.42 Å². The van der Waals surface area contributed by atoms with E-state index in [0.717, 1.165) is 0 Å². The highest BCUT2D eigenvalue weighted by Crippen LogP contribution is 2.44. The molecule has 1 aliphatic rings. The third-order valence-electron chi connectivity index (χ3n) is 3.20. The molecular formula is C11H11ClN4O3S. The van der Waals surface area contributed by atoms with E-state index in [1.165, 1.54) is 18.1 Å². The van der Waals surface area contributed by atoms with Gasteiger partial charge in [0.15, 0.2) is 10.8 Å². The second-order valence-electron chi connectivity index (χ2n) is 4.28. The Morgan fingerprint density at radius 3 is 3.10 bits per heavy atom. The predicted octanol–water partition coefficient (Wildman–Crippen LogP) is 1.93. The van der Waals surface area contributed by atoms with Gasteiger partial charge in [0, 0.05) is 5.75 Å². The van der Waals surface area contributed by atoms with E-state index in [1.807, 2.05) is 0 Å². The molecule has 0 amide bonds. The van der Waals surface area contributed by atoms with Gasteiger partial charge in [-0.2, -0.15) is 0 Å². The van der Waals surface area contributed by atoms with Crippen molar-refractivity contribution < 1.29 is 14.6 Å². The highest BCUT2D eigenvalue weighted by atomic mass is 35.5. The Morgan fingerprint density at radius 1 is 1.65 bits per heavy atom. The number of carboxylic acid groups (broad SMARTS) is 1. The van der Waals surface area contributed by atoms with Crippen LogP contribution in [0.3, 0.4) is 0 Å². The fraction of sp³-hybridized carbons (Fsp3) is 0.455. The minimum absolute atomic E-state index is 0.263. The molecule has 9 heteroatoms. The number of ether oxygens (including phenoxy) is 1. The van der Waals surface area contributed by atoms with Crippen LogP contribution in [0.4, 0.5) is 0 Å². The van der Waals surface area contributed by atoms with Gasteiger partial charge in [-0.15, -0.1) is 11.8 Å². The molecule has 0 radical (unpaired) electrons. The number of aromatic nitrogens is 4. The summed E-state index contributed by atoms with van der Waals surface area (Å²) in [5, 5.41) is 9.58. The lowest BCUT2D eigenvalue weighted by Crippen LogP contribution is -2.34. The fourth-order valence-electron chi connectivity index (χ4n) is 2.11. The Balaban J connectivity index is 1.98. The second-order valence-corrected chi connectivity index (χ2v) is 5.92. The molecule has 1 saturated heterocycles. The number of imidazole rings is 1. The van der Waals surface area contributed by atoms with Crippen LogP contribution in [-0.2, 0) is 9.53 Å². The molecular weight excluding hydrogens is 304 g/mol. The van der Waals surface area contributed by atoms with E-state index in [9.17, 15) is 9.90 Å². The molecule has 2 aromatic heterocycles. The smallest absolute Gasteiger partial charge is 0.346 e. The molecule has 20 heavy (non-hydrogen) atoms. The van der Waals surface area contributed by atoms with Gasteiger partial charge in [-0.3, -0.25) is 4.57 Å². The lowest BCUT2D eigenvalue weighted by atomic mass is 10.3. The molecule has 106 valence electrons. The minimum atomic E-state index is -1.21. The standard InChI is InChI=1S/C11H11ClN4O3S/c1-2-11(10(17)18)19-6(3-20-11)16-5-15-7-8(12)13-4-14-9(7)16/h4-6H,2-3H2,1H3,(H,17,18)/t6-,11-/m0/s1. The van der Waals surface area contributed by atoms with Crippen molar-refractivity contribution in [1.82, 2.24) is 19.5 Å². The van der Waals surface area contributed by atoms with E-state index >= 15 is 0 Å². The number of hydrogen-bond donors (Lipinski definition) is 1. The average Bonchev–Trinajstić information content (AvgIpc) is 3.03. The molecule has 1 fully saturated rings. The molecule has 3 rings (SSSR count). The number of rotatable bonds is 3. The number of fused-ring (bicyclic) bond motifs is 1. The number of thioether (sulfide) groups is 1. The van der Waals surface area contributed by atoms with Gasteiger partial charge < -0.3 is 9.84 Å². The zero-order chi connectivity index (χ0) is 14.3. The summed E-state index contributed by atoms with van der Waals surface area (Å²) in [7, 11) is 0. The quantitative estimate of drug-likeness (QED) is 0.866. The van der Waals surface area contributed by atoms with E-state index in [4.69, 9.17) is 16.3 Å². The minimum Gasteiger partial charge on any atom is -0.478 e. The van der Waals surface area contributed by atoms with Crippen molar-refractivity contribution in [3.05, 3.63) is 17.8 Å². The van der Waals surface area contributed by atoms with Gasteiger partial charge in [0.05, 0.1) is 6.33 Å². The van der Waals surface area contributed by atoms with Crippen LogP contribution in [0.15, 0.2) is 12.7 Å². The maximum atomic E-state index is 11.4. The molecule has 0 bridgehead atoms. The molecule has 0 aromatic carbocycles. The maximum Gasteiger partial charge on any atom is 0.346 e. The van der Waals surface area contributed by atoms with Gasteiger partial charge in [0.2, 0.25) is 4.93 Å². The fourth-order valence-corrected chi connectivity index (χ4v) is 3.44. The van der Waals surface area contributed by atoms with Crippen molar-refractivity contribution in [2.24, 2.45) is 0 Å². The molecule has 0 spiro atoms. The van der Waals surface area contributed by atoms with Crippen LogP contribution in [0.2, 0.25) is 5.15 Å². The first kappa shape index (κ1) is 13.6. The number of carbonyl (C=O) groups is 1. The zero-order valence-corrected chi connectivity index (χ0v) is 12.1. The Bertz CT molecular complexity index is 679. The number of halogens is 1. The van der Waals surface area contributed by atoms with E-state index < -0.39 is 17.1 Å². The van der Waals surface area contributed by atoms with Crippen LogP contribution in [-0.4, -0.2) is 41.3 Å². The molecule has 0 aliphatic carbocycles. The summed E-state index contributed by atoms with van der Waals surface area (Å²) >= 11 is 7.21. The Kier molecular flexibility index (Phi) is 3.31. The zero-order valence-electron chi connectivity index (χ0n) is 10.5. The molecule has 3 heterocycles. The van der Waals surface area contributed by atoms with Crippen LogP contribution in [0.5, 0.6) is 0 Å². The summed E-state index contributed by atoms with van der Waals surface area (Å²) in [6, 6.07) is 0. The van der Waals surface area contributed by atoms with Crippen LogP contribution in [0, 0.1) is 0 Å². The Hall–Kier alpha value is -1.38.